The SMILES string of the molecule is O=C(O)CCNC(=O)c1ccc(Cn2nc(-c3ccc(Cl)c(Cl)c3)cc2C(=O)NC2CCN(c3ccccc3)CC2)cc1. The molecule has 0 bridgehead atoms. The molecule has 1 aliphatic rings. The van der Waals surface area contributed by atoms with Crippen LogP contribution in [0.1, 0.15) is 45.7 Å². The van der Waals surface area contributed by atoms with E-state index in [-0.39, 0.29) is 37.4 Å². The molecule has 0 spiro atoms. The maximum atomic E-state index is 13.6. The molecule has 1 saturated heterocycles. The minimum absolute atomic E-state index is 0.0307. The summed E-state index contributed by atoms with van der Waals surface area (Å²) < 4.78 is 1.65. The molecule has 0 unspecified atom stereocenters. The molecule has 0 saturated carbocycles. The van der Waals surface area contributed by atoms with Crippen LogP contribution in [0.4, 0.5) is 5.69 Å². The van der Waals surface area contributed by atoms with Gasteiger partial charge in [0.05, 0.1) is 28.7 Å². The maximum Gasteiger partial charge on any atom is 0.305 e. The zero-order valence-corrected chi connectivity index (χ0v) is 24.8. The summed E-state index contributed by atoms with van der Waals surface area (Å²) >= 11 is 12.4. The topological polar surface area (TPSA) is 117 Å². The van der Waals surface area contributed by atoms with Gasteiger partial charge >= 0.3 is 5.97 Å². The van der Waals surface area contributed by atoms with Gasteiger partial charge < -0.3 is 20.6 Å². The average molecular weight is 621 g/mol. The highest BCUT2D eigenvalue weighted by Crippen LogP contribution is 2.29. The number of anilines is 1. The Morgan fingerprint density at radius 2 is 1.60 bits per heavy atom. The van der Waals surface area contributed by atoms with Crippen molar-refractivity contribution in [1.29, 1.82) is 0 Å². The van der Waals surface area contributed by atoms with Crippen molar-refractivity contribution in [2.45, 2.75) is 31.8 Å². The van der Waals surface area contributed by atoms with Gasteiger partial charge in [-0.25, -0.2) is 0 Å². The molecule has 0 radical (unpaired) electrons. The van der Waals surface area contributed by atoms with E-state index in [1.165, 1.54) is 5.69 Å². The van der Waals surface area contributed by atoms with Gasteiger partial charge in [0, 0.05) is 42.5 Å². The molecule has 5 rings (SSSR count). The lowest BCUT2D eigenvalue weighted by Gasteiger charge is -2.34. The number of aromatic nitrogens is 2. The van der Waals surface area contributed by atoms with Gasteiger partial charge in [-0.2, -0.15) is 5.10 Å². The van der Waals surface area contributed by atoms with E-state index in [0.29, 0.717) is 27.0 Å². The van der Waals surface area contributed by atoms with Crippen molar-refractivity contribution in [3.8, 4) is 11.3 Å². The number of hydrogen-bond donors (Lipinski definition) is 3. The summed E-state index contributed by atoms with van der Waals surface area (Å²) in [5.74, 6) is -1.55. The number of carboxylic acid groups (broad SMARTS) is 1. The molecule has 11 heteroatoms. The van der Waals surface area contributed by atoms with Gasteiger partial charge in [-0.1, -0.05) is 59.6 Å². The van der Waals surface area contributed by atoms with Gasteiger partial charge in [-0.05, 0) is 60.9 Å². The molecule has 222 valence electrons. The van der Waals surface area contributed by atoms with Crippen molar-refractivity contribution in [2.75, 3.05) is 24.5 Å². The smallest absolute Gasteiger partial charge is 0.305 e. The number of nitrogens with zero attached hydrogens (tertiary/aromatic N) is 3. The number of nitrogens with one attached hydrogen (secondary N) is 2. The Balaban J connectivity index is 1.31. The third-order valence-electron chi connectivity index (χ3n) is 7.35. The summed E-state index contributed by atoms with van der Waals surface area (Å²) in [7, 11) is 0. The molecule has 3 aromatic carbocycles. The first kappa shape index (κ1) is 30.1. The molecule has 1 fully saturated rings. The highest BCUT2D eigenvalue weighted by atomic mass is 35.5. The lowest BCUT2D eigenvalue weighted by Crippen LogP contribution is -2.45. The first-order chi connectivity index (χ1) is 20.8. The zero-order valence-electron chi connectivity index (χ0n) is 23.3. The summed E-state index contributed by atoms with van der Waals surface area (Å²) in [6.45, 7) is 2.03. The Morgan fingerprint density at radius 1 is 0.884 bits per heavy atom. The molecule has 2 amide bonds. The van der Waals surface area contributed by atoms with Crippen LogP contribution in [0.5, 0.6) is 0 Å². The van der Waals surface area contributed by atoms with Crippen LogP contribution in [-0.2, 0) is 11.3 Å². The van der Waals surface area contributed by atoms with E-state index in [4.69, 9.17) is 33.4 Å². The minimum Gasteiger partial charge on any atom is -0.481 e. The van der Waals surface area contributed by atoms with E-state index >= 15 is 0 Å². The van der Waals surface area contributed by atoms with Crippen molar-refractivity contribution in [1.82, 2.24) is 20.4 Å². The molecule has 4 aromatic rings. The molecule has 1 aliphatic heterocycles. The number of hydrogen-bond acceptors (Lipinski definition) is 5. The van der Waals surface area contributed by atoms with E-state index in [1.807, 2.05) is 18.2 Å². The Bertz CT molecular complexity index is 1600. The maximum absolute atomic E-state index is 13.6. The number of halogens is 2. The summed E-state index contributed by atoms with van der Waals surface area (Å²) in [5, 5.41) is 20.1. The molecular weight excluding hydrogens is 589 g/mol. The van der Waals surface area contributed by atoms with Crippen molar-refractivity contribution in [3.05, 3.63) is 106 Å². The van der Waals surface area contributed by atoms with Gasteiger partial charge in [0.1, 0.15) is 5.69 Å². The molecule has 9 nitrogen and oxygen atoms in total. The molecule has 43 heavy (non-hydrogen) atoms. The van der Waals surface area contributed by atoms with E-state index in [0.717, 1.165) is 37.1 Å². The number of para-hydroxylation sites is 1. The molecule has 0 atom stereocenters. The number of carbonyl (C=O) groups is 3. The second-order valence-corrected chi connectivity index (χ2v) is 11.2. The Morgan fingerprint density at radius 3 is 2.28 bits per heavy atom. The highest BCUT2D eigenvalue weighted by Gasteiger charge is 2.24. The van der Waals surface area contributed by atoms with Crippen LogP contribution in [0.15, 0.2) is 78.9 Å². The van der Waals surface area contributed by atoms with Crippen molar-refractivity contribution in [2.24, 2.45) is 0 Å². The fourth-order valence-corrected chi connectivity index (χ4v) is 5.31. The van der Waals surface area contributed by atoms with Crippen molar-refractivity contribution >= 4 is 46.7 Å². The highest BCUT2D eigenvalue weighted by molar-refractivity contribution is 6.42. The fourth-order valence-electron chi connectivity index (χ4n) is 5.02. The molecule has 0 aliphatic carbocycles. The number of rotatable bonds is 10. The van der Waals surface area contributed by atoms with Crippen LogP contribution in [-0.4, -0.2) is 58.3 Å². The van der Waals surface area contributed by atoms with E-state index in [2.05, 4.69) is 27.7 Å². The predicted octanol–water partition coefficient (Wildman–Crippen LogP) is 5.51. The predicted molar refractivity (Wildman–Crippen MR) is 167 cm³/mol. The van der Waals surface area contributed by atoms with Gasteiger partial charge in [0.25, 0.3) is 11.8 Å². The van der Waals surface area contributed by atoms with Crippen LogP contribution in [0, 0.1) is 0 Å². The third kappa shape index (κ3) is 7.74. The van der Waals surface area contributed by atoms with Gasteiger partial charge in [-0.15, -0.1) is 0 Å². The Hall–Kier alpha value is -4.34. The van der Waals surface area contributed by atoms with Crippen LogP contribution in [0.3, 0.4) is 0 Å². The molecule has 2 heterocycles. The third-order valence-corrected chi connectivity index (χ3v) is 8.09. The summed E-state index contributed by atoms with van der Waals surface area (Å²) in [6, 6.07) is 24.1. The number of amides is 2. The quantitative estimate of drug-likeness (QED) is 0.216. The summed E-state index contributed by atoms with van der Waals surface area (Å²) in [6.07, 6.45) is 1.50. The molecular formula is C32H31Cl2N5O4. The van der Waals surface area contributed by atoms with Gasteiger partial charge in [0.15, 0.2) is 0 Å². The Kier molecular flexibility index (Phi) is 9.64. The zero-order chi connectivity index (χ0) is 30.3. The van der Waals surface area contributed by atoms with Crippen molar-refractivity contribution < 1.29 is 19.5 Å². The number of carboxylic acids is 1. The van der Waals surface area contributed by atoms with Crippen LogP contribution in [0.25, 0.3) is 11.3 Å². The first-order valence-corrected chi connectivity index (χ1v) is 14.8. The largest absolute Gasteiger partial charge is 0.481 e. The molecule has 1 aromatic heterocycles. The fraction of sp³-hybridized carbons (Fsp3) is 0.250. The van der Waals surface area contributed by atoms with Crippen LogP contribution < -0.4 is 15.5 Å². The van der Waals surface area contributed by atoms with Crippen LogP contribution >= 0.6 is 23.2 Å². The van der Waals surface area contributed by atoms with E-state index in [1.54, 1.807) is 53.2 Å². The number of benzene rings is 3. The lowest BCUT2D eigenvalue weighted by atomic mass is 10.0. The second kappa shape index (κ2) is 13.8. The van der Waals surface area contributed by atoms with Gasteiger partial charge in [-0.3, -0.25) is 19.1 Å². The first-order valence-electron chi connectivity index (χ1n) is 14.0. The number of carbonyl (C=O) groups excluding carboxylic acids is 2. The van der Waals surface area contributed by atoms with Crippen molar-refractivity contribution in [3.63, 3.8) is 0 Å². The summed E-state index contributed by atoms with van der Waals surface area (Å²) in [5.41, 5.74) is 4.13. The normalized spacial score (nSPS) is 13.5. The lowest BCUT2D eigenvalue weighted by molar-refractivity contribution is -0.136. The second-order valence-electron chi connectivity index (χ2n) is 10.4. The Labute approximate surface area is 259 Å². The number of aliphatic carboxylic acids is 1. The standard InChI is InChI=1S/C32H31Cl2N5O4/c33-26-11-10-23(18-27(26)34)28-19-29(32(43)36-24-13-16-38(17-14-24)25-4-2-1-3-5-25)39(37-28)20-21-6-8-22(9-7-21)31(42)35-15-12-30(40)41/h1-11,18-19,24H,12-17,20H2,(H,35,42)(H,36,43)(H,40,41). The van der Waals surface area contributed by atoms with E-state index < -0.39 is 5.97 Å². The summed E-state index contributed by atoms with van der Waals surface area (Å²) in [4.78, 5) is 39.0. The minimum atomic E-state index is -0.979. The average Bonchev–Trinajstić information content (AvgIpc) is 3.43. The van der Waals surface area contributed by atoms with E-state index in [9.17, 15) is 14.4 Å². The van der Waals surface area contributed by atoms with Gasteiger partial charge in [0.2, 0.25) is 0 Å². The monoisotopic (exact) mass is 619 g/mol. The van der Waals surface area contributed by atoms with Crippen LogP contribution in [0.2, 0.25) is 10.0 Å². The number of piperidine rings is 1. The molecule has 3 N–H and O–H groups in total.